The van der Waals surface area contributed by atoms with E-state index in [0.717, 1.165) is 22.2 Å². The molecule has 0 saturated heterocycles. The number of hydrogen-bond acceptors (Lipinski definition) is 6. The molecule has 0 saturated carbocycles. The molecule has 7 heteroatoms. The number of carbonyl (C=O) groups excluding carboxylic acids is 1. The number of hydrogen-bond donors (Lipinski definition) is 1. The van der Waals surface area contributed by atoms with Crippen molar-refractivity contribution in [3.63, 3.8) is 0 Å². The fourth-order valence-corrected chi connectivity index (χ4v) is 4.32. The third-order valence-corrected chi connectivity index (χ3v) is 6.03. The number of aromatic nitrogens is 1. The maximum Gasteiger partial charge on any atom is 0.339 e. The van der Waals surface area contributed by atoms with Crippen molar-refractivity contribution >= 4 is 33.3 Å². The van der Waals surface area contributed by atoms with Crippen LogP contribution in [0.4, 0.5) is 5.13 Å². The van der Waals surface area contributed by atoms with Crippen LogP contribution in [0.5, 0.6) is 5.75 Å². The first-order chi connectivity index (χ1) is 15.0. The summed E-state index contributed by atoms with van der Waals surface area (Å²) in [5.41, 5.74) is 2.58. The van der Waals surface area contributed by atoms with Crippen LogP contribution < -0.4 is 15.7 Å². The zero-order valence-electron chi connectivity index (χ0n) is 17.3. The number of carbonyl (C=O) groups is 1. The van der Waals surface area contributed by atoms with Crippen molar-refractivity contribution in [3.05, 3.63) is 86.7 Å². The third kappa shape index (κ3) is 4.83. The molecular formula is C24H22N2O4S. The van der Waals surface area contributed by atoms with Crippen LogP contribution in [0.3, 0.4) is 0 Å². The molecule has 0 aliphatic rings. The smallest absolute Gasteiger partial charge is 0.339 e. The Kier molecular flexibility index (Phi) is 6.13. The molecule has 0 atom stereocenters. The van der Waals surface area contributed by atoms with Gasteiger partial charge in [0.25, 0.3) is 0 Å². The highest BCUT2D eigenvalue weighted by Crippen LogP contribution is 2.25. The Morgan fingerprint density at radius 3 is 2.77 bits per heavy atom. The van der Waals surface area contributed by atoms with E-state index in [-0.39, 0.29) is 12.3 Å². The maximum absolute atomic E-state index is 12.5. The minimum absolute atomic E-state index is 0.168. The first-order valence-electron chi connectivity index (χ1n) is 9.92. The highest BCUT2D eigenvalue weighted by molar-refractivity contribution is 7.15. The zero-order valence-corrected chi connectivity index (χ0v) is 18.1. The minimum atomic E-state index is -0.426. The van der Waals surface area contributed by atoms with E-state index in [2.05, 4.69) is 22.4 Å². The van der Waals surface area contributed by atoms with Gasteiger partial charge in [0.2, 0.25) is 5.91 Å². The fourth-order valence-electron chi connectivity index (χ4n) is 3.45. The molecule has 1 amide bonds. The molecule has 158 valence electrons. The number of nitrogens with zero attached hydrogens (tertiary/aromatic N) is 1. The number of fused-ring (bicyclic) bond motifs is 1. The van der Waals surface area contributed by atoms with Crippen molar-refractivity contribution in [2.45, 2.75) is 26.2 Å². The third-order valence-electron chi connectivity index (χ3n) is 5.12. The van der Waals surface area contributed by atoms with Crippen LogP contribution in [0.1, 0.15) is 28.0 Å². The standard InChI is InChI=1S/C24H22N2O4S/c1-15-19-9-8-17(29-2)13-21(19)30-23(28)20(15)10-11-22(27)26-24-25-14-18(31-24)12-16-6-4-3-5-7-16/h3-9,13-14H,10-12H2,1-2H3,(H,25,26,27). The molecule has 0 radical (unpaired) electrons. The van der Waals surface area contributed by atoms with Gasteiger partial charge in [0.1, 0.15) is 11.3 Å². The van der Waals surface area contributed by atoms with Crippen LogP contribution >= 0.6 is 11.3 Å². The Morgan fingerprint density at radius 1 is 1.19 bits per heavy atom. The minimum Gasteiger partial charge on any atom is -0.497 e. The second kappa shape index (κ2) is 9.14. The molecule has 0 bridgehead atoms. The highest BCUT2D eigenvalue weighted by atomic mass is 32.1. The Bertz CT molecular complexity index is 1280. The Morgan fingerprint density at radius 2 is 2.00 bits per heavy atom. The Labute approximate surface area is 183 Å². The first kappa shape index (κ1) is 20.8. The number of rotatable bonds is 7. The second-order valence-electron chi connectivity index (χ2n) is 7.20. The lowest BCUT2D eigenvalue weighted by Gasteiger charge is -2.08. The van der Waals surface area contributed by atoms with E-state index >= 15 is 0 Å². The lowest BCUT2D eigenvalue weighted by molar-refractivity contribution is -0.116. The van der Waals surface area contributed by atoms with Crippen LogP contribution in [-0.2, 0) is 17.6 Å². The Hall–Kier alpha value is -3.45. The summed E-state index contributed by atoms with van der Waals surface area (Å²) in [5.74, 6) is 0.437. The number of methoxy groups -OCH3 is 1. The van der Waals surface area contributed by atoms with Gasteiger partial charge in [-0.05, 0) is 36.6 Å². The van der Waals surface area contributed by atoms with E-state index < -0.39 is 5.63 Å². The summed E-state index contributed by atoms with van der Waals surface area (Å²) < 4.78 is 10.6. The molecule has 0 spiro atoms. The van der Waals surface area contributed by atoms with Gasteiger partial charge >= 0.3 is 5.63 Å². The van der Waals surface area contributed by atoms with Crippen LogP contribution in [0.2, 0.25) is 0 Å². The van der Waals surface area contributed by atoms with Gasteiger partial charge in [-0.3, -0.25) is 4.79 Å². The van der Waals surface area contributed by atoms with Crippen molar-refractivity contribution in [2.75, 3.05) is 12.4 Å². The number of benzene rings is 2. The molecule has 2 aromatic carbocycles. The monoisotopic (exact) mass is 434 g/mol. The van der Waals surface area contributed by atoms with Crippen molar-refractivity contribution in [1.29, 1.82) is 0 Å². The van der Waals surface area contributed by atoms with Crippen LogP contribution in [0.15, 0.2) is 63.9 Å². The van der Waals surface area contributed by atoms with E-state index in [0.29, 0.717) is 28.4 Å². The lowest BCUT2D eigenvalue weighted by Crippen LogP contribution is -2.16. The van der Waals surface area contributed by atoms with Crippen LogP contribution in [0.25, 0.3) is 11.0 Å². The van der Waals surface area contributed by atoms with Crippen molar-refractivity contribution in [1.82, 2.24) is 4.98 Å². The van der Waals surface area contributed by atoms with Gasteiger partial charge in [0.15, 0.2) is 5.13 Å². The summed E-state index contributed by atoms with van der Waals surface area (Å²) in [6.07, 6.45) is 3.02. The number of aryl methyl sites for hydroxylation is 1. The average molecular weight is 435 g/mol. The van der Waals surface area contributed by atoms with Crippen molar-refractivity contribution in [2.24, 2.45) is 0 Å². The van der Waals surface area contributed by atoms with Gasteiger partial charge in [-0.1, -0.05) is 30.3 Å². The van der Waals surface area contributed by atoms with Crippen LogP contribution in [-0.4, -0.2) is 18.0 Å². The van der Waals surface area contributed by atoms with Gasteiger partial charge in [0, 0.05) is 40.9 Å². The topological polar surface area (TPSA) is 81.4 Å². The molecule has 4 aromatic rings. The fraction of sp³-hybridized carbons (Fsp3) is 0.208. The quantitative estimate of drug-likeness (QED) is 0.425. The molecule has 4 rings (SSSR count). The molecular weight excluding hydrogens is 412 g/mol. The highest BCUT2D eigenvalue weighted by Gasteiger charge is 2.14. The number of amides is 1. The van der Waals surface area contributed by atoms with Crippen molar-refractivity contribution < 1.29 is 13.9 Å². The summed E-state index contributed by atoms with van der Waals surface area (Å²) in [5, 5.41) is 4.22. The van der Waals surface area contributed by atoms with E-state index in [1.807, 2.05) is 37.3 Å². The second-order valence-corrected chi connectivity index (χ2v) is 8.31. The molecule has 0 fully saturated rings. The zero-order chi connectivity index (χ0) is 21.8. The summed E-state index contributed by atoms with van der Waals surface area (Å²) >= 11 is 1.45. The predicted molar refractivity (Wildman–Crippen MR) is 122 cm³/mol. The largest absolute Gasteiger partial charge is 0.497 e. The molecule has 0 unspecified atom stereocenters. The summed E-state index contributed by atoms with van der Waals surface area (Å²) in [7, 11) is 1.56. The van der Waals surface area contributed by atoms with Gasteiger partial charge in [0.05, 0.1) is 7.11 Å². The van der Waals surface area contributed by atoms with E-state index in [9.17, 15) is 9.59 Å². The summed E-state index contributed by atoms with van der Waals surface area (Å²) in [4.78, 5) is 30.2. The molecule has 6 nitrogen and oxygen atoms in total. The van der Waals surface area contributed by atoms with Crippen LogP contribution in [0, 0.1) is 6.92 Å². The average Bonchev–Trinajstić information content (AvgIpc) is 3.20. The van der Waals surface area contributed by atoms with Gasteiger partial charge < -0.3 is 14.5 Å². The van der Waals surface area contributed by atoms with Gasteiger partial charge in [-0.2, -0.15) is 0 Å². The normalized spacial score (nSPS) is 10.9. The number of anilines is 1. The molecule has 1 N–H and O–H groups in total. The molecule has 2 aromatic heterocycles. The van der Waals surface area contributed by atoms with E-state index in [1.165, 1.54) is 16.9 Å². The Balaban J connectivity index is 1.41. The van der Waals surface area contributed by atoms with Gasteiger partial charge in [-0.25, -0.2) is 9.78 Å². The predicted octanol–water partition coefficient (Wildman–Crippen LogP) is 4.73. The number of thiazole rings is 1. The first-order valence-corrected chi connectivity index (χ1v) is 10.7. The molecule has 2 heterocycles. The van der Waals surface area contributed by atoms with Crippen molar-refractivity contribution in [3.8, 4) is 5.75 Å². The van der Waals surface area contributed by atoms with E-state index in [1.54, 1.807) is 19.4 Å². The molecule has 0 aliphatic carbocycles. The lowest BCUT2D eigenvalue weighted by atomic mass is 10.0. The summed E-state index contributed by atoms with van der Waals surface area (Å²) in [6, 6.07) is 15.5. The molecule has 31 heavy (non-hydrogen) atoms. The number of nitrogens with one attached hydrogen (secondary N) is 1. The summed E-state index contributed by atoms with van der Waals surface area (Å²) in [6.45, 7) is 1.87. The maximum atomic E-state index is 12.5. The van der Waals surface area contributed by atoms with E-state index in [4.69, 9.17) is 9.15 Å². The number of ether oxygens (including phenoxy) is 1. The molecule has 0 aliphatic heterocycles. The SMILES string of the molecule is COc1ccc2c(C)c(CCC(=O)Nc3ncc(Cc4ccccc4)s3)c(=O)oc2c1. The van der Waals surface area contributed by atoms with Gasteiger partial charge in [-0.15, -0.1) is 11.3 Å².